The maximum Gasteiger partial charge on any atom is 0.325 e. The summed E-state index contributed by atoms with van der Waals surface area (Å²) in [6.45, 7) is -0.673. The van der Waals surface area contributed by atoms with Crippen molar-refractivity contribution in [1.29, 1.82) is 0 Å². The molecule has 3 unspecified atom stereocenters. The van der Waals surface area contributed by atoms with Crippen LogP contribution in [0.25, 0.3) is 0 Å². The number of carboxylic acid groups (broad SMARTS) is 1. The predicted molar refractivity (Wildman–Crippen MR) is 72.3 cm³/mol. The number of carboxylic acids is 1. The fraction of sp³-hybridized carbons (Fsp3) is 0.636. The molecule has 0 saturated heterocycles. The summed E-state index contributed by atoms with van der Waals surface area (Å²) in [6.07, 6.45) is 0. The van der Waals surface area contributed by atoms with Crippen molar-refractivity contribution in [3.05, 3.63) is 0 Å². The van der Waals surface area contributed by atoms with Crippen LogP contribution < -0.4 is 21.7 Å². The van der Waals surface area contributed by atoms with Gasteiger partial charge in [0.05, 0.1) is 19.8 Å². The Morgan fingerprint density at radius 3 is 2.09 bits per heavy atom. The van der Waals surface area contributed by atoms with Crippen LogP contribution in [-0.4, -0.2) is 76.9 Å². The number of carbonyl (C=O) groups is 4. The Kier molecular flexibility index (Phi) is 8.67. The van der Waals surface area contributed by atoms with E-state index < -0.39 is 61.6 Å². The van der Waals surface area contributed by atoms with E-state index in [4.69, 9.17) is 21.1 Å². The minimum Gasteiger partial charge on any atom is -0.480 e. The van der Waals surface area contributed by atoms with Gasteiger partial charge in [-0.3, -0.25) is 19.2 Å². The molecule has 11 heteroatoms. The lowest BCUT2D eigenvalue weighted by Gasteiger charge is -2.18. The topological polar surface area (TPSA) is 191 Å². The van der Waals surface area contributed by atoms with Gasteiger partial charge in [0.25, 0.3) is 0 Å². The van der Waals surface area contributed by atoms with Crippen molar-refractivity contribution in [1.82, 2.24) is 16.0 Å². The highest BCUT2D eigenvalue weighted by Gasteiger charge is 2.23. The van der Waals surface area contributed by atoms with E-state index in [0.717, 1.165) is 0 Å². The molecule has 0 radical (unpaired) electrons. The molecule has 0 saturated carbocycles. The molecule has 0 rings (SSSR count). The standard InChI is InChI=1S/C11H20N4O7/c1-5(11(21)22)14-8(18)2-13-10(20)7(4-17)15-9(19)6(12)3-16/h5-7,16-17H,2-4,12H2,1H3,(H,13,20)(H,14,18)(H,15,19)(H,21,22). The first-order valence-corrected chi connectivity index (χ1v) is 6.30. The van der Waals surface area contributed by atoms with Crippen molar-refractivity contribution in [3.63, 3.8) is 0 Å². The summed E-state index contributed by atoms with van der Waals surface area (Å²) in [5, 5.41) is 32.6. The number of rotatable bonds is 9. The predicted octanol–water partition coefficient (Wildman–Crippen LogP) is -4.51. The number of hydrogen-bond acceptors (Lipinski definition) is 7. The zero-order valence-electron chi connectivity index (χ0n) is 11.9. The summed E-state index contributed by atoms with van der Waals surface area (Å²) < 4.78 is 0. The number of aliphatic carboxylic acids is 1. The number of aliphatic hydroxyl groups is 2. The van der Waals surface area contributed by atoms with Gasteiger partial charge in [0.1, 0.15) is 18.1 Å². The fourth-order valence-electron chi connectivity index (χ4n) is 1.20. The van der Waals surface area contributed by atoms with E-state index in [1.165, 1.54) is 6.92 Å². The van der Waals surface area contributed by atoms with Gasteiger partial charge in [0.15, 0.2) is 0 Å². The van der Waals surface area contributed by atoms with Crippen molar-refractivity contribution >= 4 is 23.7 Å². The summed E-state index contributed by atoms with van der Waals surface area (Å²) in [6, 6.07) is -3.73. The van der Waals surface area contributed by atoms with Crippen LogP contribution in [0.1, 0.15) is 6.92 Å². The monoisotopic (exact) mass is 320 g/mol. The SMILES string of the molecule is CC(NC(=O)CNC(=O)C(CO)NC(=O)C(N)CO)C(=O)O. The van der Waals surface area contributed by atoms with Crippen LogP contribution in [0.3, 0.4) is 0 Å². The largest absolute Gasteiger partial charge is 0.480 e. The molecule has 0 aromatic rings. The number of nitrogens with one attached hydrogen (secondary N) is 3. The molecule has 3 amide bonds. The average Bonchev–Trinajstić information content (AvgIpc) is 2.48. The van der Waals surface area contributed by atoms with Gasteiger partial charge in [0.2, 0.25) is 17.7 Å². The van der Waals surface area contributed by atoms with Crippen molar-refractivity contribution in [2.24, 2.45) is 5.73 Å². The molecular weight excluding hydrogens is 300 g/mol. The molecule has 0 aliphatic carbocycles. The lowest BCUT2D eigenvalue weighted by Crippen LogP contribution is -2.55. The smallest absolute Gasteiger partial charge is 0.325 e. The van der Waals surface area contributed by atoms with Gasteiger partial charge in [-0.05, 0) is 6.92 Å². The molecule has 0 fully saturated rings. The molecule has 0 bridgehead atoms. The second-order valence-corrected chi connectivity index (χ2v) is 4.38. The van der Waals surface area contributed by atoms with E-state index >= 15 is 0 Å². The van der Waals surface area contributed by atoms with E-state index in [1.807, 2.05) is 0 Å². The Labute approximate surface area is 125 Å². The third-order valence-corrected chi connectivity index (χ3v) is 2.52. The second kappa shape index (κ2) is 9.65. The van der Waals surface area contributed by atoms with Gasteiger partial charge in [-0.15, -0.1) is 0 Å². The van der Waals surface area contributed by atoms with E-state index in [0.29, 0.717) is 0 Å². The lowest BCUT2D eigenvalue weighted by atomic mass is 10.2. The van der Waals surface area contributed by atoms with Gasteiger partial charge < -0.3 is 37.0 Å². The third-order valence-electron chi connectivity index (χ3n) is 2.52. The highest BCUT2D eigenvalue weighted by atomic mass is 16.4. The highest BCUT2D eigenvalue weighted by molar-refractivity contribution is 5.92. The zero-order valence-corrected chi connectivity index (χ0v) is 11.9. The molecule has 11 nitrogen and oxygen atoms in total. The van der Waals surface area contributed by atoms with E-state index in [9.17, 15) is 19.2 Å². The van der Waals surface area contributed by atoms with Gasteiger partial charge in [-0.2, -0.15) is 0 Å². The van der Waals surface area contributed by atoms with Crippen LogP contribution in [0.4, 0.5) is 0 Å². The summed E-state index contributed by atoms with van der Waals surface area (Å²) in [5.74, 6) is -3.70. The number of aliphatic hydroxyl groups excluding tert-OH is 2. The average molecular weight is 320 g/mol. The summed E-state index contributed by atoms with van der Waals surface area (Å²) in [5.41, 5.74) is 5.23. The molecule has 0 spiro atoms. The zero-order chi connectivity index (χ0) is 17.3. The van der Waals surface area contributed by atoms with Gasteiger partial charge in [-0.25, -0.2) is 0 Å². The molecule has 3 atom stereocenters. The van der Waals surface area contributed by atoms with Gasteiger partial charge >= 0.3 is 5.97 Å². The molecule has 0 aliphatic rings. The van der Waals surface area contributed by atoms with E-state index in [1.54, 1.807) is 0 Å². The fourth-order valence-corrected chi connectivity index (χ4v) is 1.20. The molecule has 22 heavy (non-hydrogen) atoms. The highest BCUT2D eigenvalue weighted by Crippen LogP contribution is 1.87. The first-order valence-electron chi connectivity index (χ1n) is 6.30. The Morgan fingerprint density at radius 1 is 1.05 bits per heavy atom. The number of hydrogen-bond donors (Lipinski definition) is 7. The molecule has 0 aromatic heterocycles. The van der Waals surface area contributed by atoms with Crippen LogP contribution >= 0.6 is 0 Å². The maximum atomic E-state index is 11.7. The second-order valence-electron chi connectivity index (χ2n) is 4.38. The van der Waals surface area contributed by atoms with Crippen LogP contribution in [0.5, 0.6) is 0 Å². The summed E-state index contributed by atoms with van der Waals surface area (Å²) in [7, 11) is 0. The van der Waals surface area contributed by atoms with Crippen molar-refractivity contribution in [3.8, 4) is 0 Å². The summed E-state index contributed by atoms with van der Waals surface area (Å²) >= 11 is 0. The van der Waals surface area contributed by atoms with Crippen LogP contribution in [0, 0.1) is 0 Å². The van der Waals surface area contributed by atoms with Crippen LogP contribution in [0.15, 0.2) is 0 Å². The van der Waals surface area contributed by atoms with Crippen molar-refractivity contribution in [2.45, 2.75) is 25.0 Å². The molecule has 0 aromatic carbocycles. The Hall–Kier alpha value is -2.24. The molecular formula is C11H20N4O7. The number of carbonyl (C=O) groups excluding carboxylic acids is 3. The van der Waals surface area contributed by atoms with Crippen LogP contribution in [0.2, 0.25) is 0 Å². The van der Waals surface area contributed by atoms with Gasteiger partial charge in [-0.1, -0.05) is 0 Å². The van der Waals surface area contributed by atoms with E-state index in [2.05, 4.69) is 16.0 Å². The minimum atomic E-state index is -1.35. The quantitative estimate of drug-likeness (QED) is 0.221. The first-order chi connectivity index (χ1) is 10.2. The summed E-state index contributed by atoms with van der Waals surface area (Å²) in [4.78, 5) is 44.9. The van der Waals surface area contributed by atoms with Crippen molar-refractivity contribution in [2.75, 3.05) is 19.8 Å². The number of nitrogens with two attached hydrogens (primary N) is 1. The minimum absolute atomic E-state index is 0.533. The lowest BCUT2D eigenvalue weighted by molar-refractivity contribution is -0.141. The molecule has 0 heterocycles. The Bertz CT molecular complexity index is 429. The van der Waals surface area contributed by atoms with E-state index in [-0.39, 0.29) is 0 Å². The van der Waals surface area contributed by atoms with Gasteiger partial charge in [0, 0.05) is 0 Å². The number of amides is 3. The first kappa shape index (κ1) is 19.8. The third kappa shape index (κ3) is 6.97. The van der Waals surface area contributed by atoms with Crippen molar-refractivity contribution < 1.29 is 34.5 Å². The molecule has 0 aliphatic heterocycles. The van der Waals surface area contributed by atoms with Crippen LogP contribution in [-0.2, 0) is 19.2 Å². The normalized spacial score (nSPS) is 14.4. The molecule has 8 N–H and O–H groups in total. The molecule has 126 valence electrons. The Balaban J connectivity index is 4.35. The maximum absolute atomic E-state index is 11.7. The Morgan fingerprint density at radius 2 is 1.64 bits per heavy atom.